The van der Waals surface area contributed by atoms with Crippen LogP contribution in [0.4, 0.5) is 0 Å². The van der Waals surface area contributed by atoms with Gasteiger partial charge in [0.2, 0.25) is 0 Å². The summed E-state index contributed by atoms with van der Waals surface area (Å²) in [6.45, 7) is 0. The van der Waals surface area contributed by atoms with E-state index >= 15 is 0 Å². The third-order valence-corrected chi connectivity index (χ3v) is 5.97. The van der Waals surface area contributed by atoms with Crippen molar-refractivity contribution < 1.29 is 28.0 Å². The minimum Gasteiger partial charge on any atom is -0.480 e. The van der Waals surface area contributed by atoms with Crippen LogP contribution in [0.1, 0.15) is 29.3 Å². The molecule has 2 atom stereocenters. The van der Waals surface area contributed by atoms with Crippen molar-refractivity contribution in [2.24, 2.45) is 4.99 Å². The third-order valence-electron chi connectivity index (χ3n) is 5.04. The van der Waals surface area contributed by atoms with E-state index in [2.05, 4.69) is 9.98 Å². The number of nitrogens with zero attached hydrogens (tertiary/aromatic N) is 1. The fourth-order valence-electron chi connectivity index (χ4n) is 3.73. The van der Waals surface area contributed by atoms with Crippen molar-refractivity contribution >= 4 is 32.7 Å². The summed E-state index contributed by atoms with van der Waals surface area (Å²) in [5, 5.41) is 21.1. The van der Waals surface area contributed by atoms with Crippen LogP contribution in [0.2, 0.25) is 0 Å². The second-order valence-corrected chi connectivity index (χ2v) is 8.28. The number of aliphatic imine (C=N–C) groups is 1. The summed E-state index contributed by atoms with van der Waals surface area (Å²) in [5.41, 5.74) is 2.62. The van der Waals surface area contributed by atoms with Crippen molar-refractivity contribution in [2.75, 3.05) is 0 Å². The Morgan fingerprint density at radius 3 is 2.59 bits per heavy atom. The summed E-state index contributed by atoms with van der Waals surface area (Å²) in [5.74, 6) is -1.08. The van der Waals surface area contributed by atoms with Crippen LogP contribution in [0.15, 0.2) is 58.4 Å². The zero-order valence-electron chi connectivity index (χ0n) is 15.1. The highest BCUT2D eigenvalue weighted by Crippen LogP contribution is 2.32. The first-order chi connectivity index (χ1) is 13.8. The Kier molecular flexibility index (Phi) is 4.73. The normalized spacial score (nSPS) is 17.6. The standard InChI is InChI=1S/C20H18N2O6S/c23-17(12-6-2-4-8-18(12)29(26,27)28)10-15-19-13(9-16(21-15)20(24)25)11-5-1-3-7-14(11)22-19/h1-8,16-17,22-23H,9-10H2,(H,24,25)(H,26,27,28). The first-order valence-electron chi connectivity index (χ1n) is 8.89. The van der Waals surface area contributed by atoms with Crippen LogP contribution in [0.3, 0.4) is 0 Å². The SMILES string of the molecule is O=C(O)C1Cc2c([nH]c3ccccc23)C(CC(O)c2ccccc2S(=O)(=O)O)=N1. The first-order valence-corrected chi connectivity index (χ1v) is 10.3. The molecule has 1 aliphatic heterocycles. The number of aromatic amines is 1. The molecule has 150 valence electrons. The van der Waals surface area contributed by atoms with Crippen LogP contribution in [0.5, 0.6) is 0 Å². The number of rotatable bonds is 5. The maximum absolute atomic E-state index is 11.6. The minimum atomic E-state index is -4.53. The number of fused-ring (bicyclic) bond motifs is 3. The van der Waals surface area contributed by atoms with Gasteiger partial charge in [0.15, 0.2) is 6.04 Å². The summed E-state index contributed by atoms with van der Waals surface area (Å²) < 4.78 is 32.7. The van der Waals surface area contributed by atoms with Gasteiger partial charge in [-0.1, -0.05) is 36.4 Å². The number of carboxylic acids is 1. The van der Waals surface area contributed by atoms with Gasteiger partial charge in [0.25, 0.3) is 10.1 Å². The van der Waals surface area contributed by atoms with Crippen molar-refractivity contribution in [3.63, 3.8) is 0 Å². The molecule has 4 N–H and O–H groups in total. The zero-order chi connectivity index (χ0) is 20.8. The number of carbonyl (C=O) groups is 1. The average Bonchev–Trinajstić information content (AvgIpc) is 3.06. The molecule has 4 rings (SSSR count). The van der Waals surface area contributed by atoms with Crippen molar-refractivity contribution in [3.8, 4) is 0 Å². The quantitative estimate of drug-likeness (QED) is 0.473. The Morgan fingerprint density at radius 2 is 1.86 bits per heavy atom. The van der Waals surface area contributed by atoms with E-state index in [-0.39, 0.29) is 18.4 Å². The molecule has 0 bridgehead atoms. The van der Waals surface area contributed by atoms with Crippen LogP contribution in [0.25, 0.3) is 10.9 Å². The summed E-state index contributed by atoms with van der Waals surface area (Å²) in [6, 6.07) is 12.0. The van der Waals surface area contributed by atoms with Gasteiger partial charge >= 0.3 is 5.97 Å². The molecule has 3 aromatic rings. The molecule has 0 saturated carbocycles. The molecule has 1 aromatic heterocycles. The number of aromatic nitrogens is 1. The number of benzene rings is 2. The van der Waals surface area contributed by atoms with E-state index in [9.17, 15) is 28.0 Å². The van der Waals surface area contributed by atoms with Gasteiger partial charge in [-0.3, -0.25) is 9.55 Å². The number of H-pyrrole nitrogens is 1. The molecule has 0 saturated heterocycles. The highest BCUT2D eigenvalue weighted by Gasteiger charge is 2.31. The molecule has 0 spiro atoms. The van der Waals surface area contributed by atoms with E-state index in [4.69, 9.17) is 0 Å². The van der Waals surface area contributed by atoms with E-state index in [0.717, 1.165) is 16.5 Å². The lowest BCUT2D eigenvalue weighted by Gasteiger charge is -2.21. The summed E-state index contributed by atoms with van der Waals surface area (Å²) in [7, 11) is -4.53. The molecule has 29 heavy (non-hydrogen) atoms. The molecule has 2 aromatic carbocycles. The summed E-state index contributed by atoms with van der Waals surface area (Å²) in [4.78, 5) is 18.7. The number of hydrogen-bond acceptors (Lipinski definition) is 5. The van der Waals surface area contributed by atoms with Crippen molar-refractivity contribution in [2.45, 2.75) is 29.9 Å². The predicted octanol–water partition coefficient (Wildman–Crippen LogP) is 2.34. The molecule has 0 amide bonds. The second-order valence-electron chi connectivity index (χ2n) is 6.89. The molecular weight excluding hydrogens is 396 g/mol. The highest BCUT2D eigenvalue weighted by molar-refractivity contribution is 7.85. The lowest BCUT2D eigenvalue weighted by molar-refractivity contribution is -0.138. The highest BCUT2D eigenvalue weighted by atomic mass is 32.2. The van der Waals surface area contributed by atoms with E-state index in [0.29, 0.717) is 11.4 Å². The Morgan fingerprint density at radius 1 is 1.17 bits per heavy atom. The number of para-hydroxylation sites is 1. The van der Waals surface area contributed by atoms with Gasteiger partial charge < -0.3 is 15.2 Å². The van der Waals surface area contributed by atoms with Crippen molar-refractivity contribution in [1.82, 2.24) is 4.98 Å². The third kappa shape index (κ3) is 3.55. The van der Waals surface area contributed by atoms with Crippen molar-refractivity contribution in [1.29, 1.82) is 0 Å². The average molecular weight is 414 g/mol. The molecule has 0 aliphatic carbocycles. The number of aliphatic carboxylic acids is 1. The van der Waals surface area contributed by atoms with Gasteiger partial charge in [0.05, 0.1) is 22.4 Å². The van der Waals surface area contributed by atoms with Gasteiger partial charge in [-0.05, 0) is 17.7 Å². The van der Waals surface area contributed by atoms with Crippen LogP contribution < -0.4 is 0 Å². The number of aliphatic hydroxyl groups excluding tert-OH is 1. The second kappa shape index (κ2) is 7.11. The minimum absolute atomic E-state index is 0.0211. The van der Waals surface area contributed by atoms with Crippen LogP contribution in [0, 0.1) is 0 Å². The fraction of sp³-hybridized carbons (Fsp3) is 0.200. The number of aliphatic hydroxyl groups is 1. The van der Waals surface area contributed by atoms with E-state index in [1.165, 1.54) is 18.2 Å². The van der Waals surface area contributed by atoms with Crippen LogP contribution in [-0.4, -0.2) is 45.9 Å². The molecular formula is C20H18N2O6S. The summed E-state index contributed by atoms with van der Waals surface area (Å²) >= 11 is 0. The van der Waals surface area contributed by atoms with Crippen molar-refractivity contribution in [3.05, 3.63) is 65.4 Å². The summed E-state index contributed by atoms with van der Waals surface area (Å²) in [6.07, 6.45) is -1.20. The van der Waals surface area contributed by atoms with Gasteiger partial charge in [0, 0.05) is 29.3 Å². The van der Waals surface area contributed by atoms with E-state index < -0.39 is 33.1 Å². The number of nitrogens with one attached hydrogen (secondary N) is 1. The smallest absolute Gasteiger partial charge is 0.328 e. The number of carboxylic acid groups (broad SMARTS) is 1. The molecule has 0 fully saturated rings. The van der Waals surface area contributed by atoms with Gasteiger partial charge in [-0.15, -0.1) is 0 Å². The first kappa shape index (κ1) is 19.3. The fourth-order valence-corrected chi connectivity index (χ4v) is 4.48. The Balaban J connectivity index is 1.78. The lowest BCUT2D eigenvalue weighted by Crippen LogP contribution is -2.28. The maximum Gasteiger partial charge on any atom is 0.328 e. The molecule has 1 aliphatic rings. The predicted molar refractivity (Wildman–Crippen MR) is 106 cm³/mol. The van der Waals surface area contributed by atoms with Crippen LogP contribution in [-0.2, 0) is 21.3 Å². The number of hydrogen-bond donors (Lipinski definition) is 4. The molecule has 2 unspecified atom stereocenters. The van der Waals surface area contributed by atoms with Crippen LogP contribution >= 0.6 is 0 Å². The van der Waals surface area contributed by atoms with E-state index in [1.54, 1.807) is 6.07 Å². The molecule has 0 radical (unpaired) electrons. The Labute approximate surface area is 166 Å². The van der Waals surface area contributed by atoms with Gasteiger partial charge in [-0.25, -0.2) is 4.79 Å². The molecule has 9 heteroatoms. The monoisotopic (exact) mass is 414 g/mol. The topological polar surface area (TPSA) is 140 Å². The Hall–Kier alpha value is -3.01. The van der Waals surface area contributed by atoms with Gasteiger partial charge in [-0.2, -0.15) is 8.42 Å². The maximum atomic E-state index is 11.6. The molecule has 8 nitrogen and oxygen atoms in total. The largest absolute Gasteiger partial charge is 0.480 e. The molecule has 2 heterocycles. The Bertz CT molecular complexity index is 1240. The zero-order valence-corrected chi connectivity index (χ0v) is 15.9. The lowest BCUT2D eigenvalue weighted by atomic mass is 9.93. The van der Waals surface area contributed by atoms with E-state index in [1.807, 2.05) is 24.3 Å². The van der Waals surface area contributed by atoms with Gasteiger partial charge in [0.1, 0.15) is 0 Å².